The fourth-order valence-electron chi connectivity index (χ4n) is 4.46. The summed E-state index contributed by atoms with van der Waals surface area (Å²) in [6, 6.07) is 8.04. The molecule has 8 heteroatoms. The number of aliphatic hydroxyl groups is 1. The highest BCUT2D eigenvalue weighted by atomic mass is 35.5. The third-order valence-corrected chi connectivity index (χ3v) is 6.89. The summed E-state index contributed by atoms with van der Waals surface area (Å²) in [5, 5.41) is 20.8. The molecule has 1 atom stereocenters. The minimum absolute atomic E-state index is 0.339. The zero-order chi connectivity index (χ0) is 23.4. The highest BCUT2D eigenvalue weighted by molar-refractivity contribution is 6.33. The first kappa shape index (κ1) is 24.2. The highest BCUT2D eigenvalue weighted by Gasteiger charge is 2.40. The summed E-state index contributed by atoms with van der Waals surface area (Å²) in [5.74, 6) is 0.418. The van der Waals surface area contributed by atoms with E-state index in [4.69, 9.17) is 16.3 Å². The number of aromatic nitrogens is 1. The fourth-order valence-corrected chi connectivity index (χ4v) is 4.67. The van der Waals surface area contributed by atoms with Gasteiger partial charge in [0, 0.05) is 43.5 Å². The van der Waals surface area contributed by atoms with E-state index < -0.39 is 5.60 Å². The maximum absolute atomic E-state index is 14.3. The molecule has 2 fully saturated rings. The molecule has 0 amide bonds. The molecule has 33 heavy (non-hydrogen) atoms. The van der Waals surface area contributed by atoms with E-state index in [0.717, 1.165) is 62.1 Å². The van der Waals surface area contributed by atoms with Gasteiger partial charge in [0.2, 0.25) is 0 Å². The van der Waals surface area contributed by atoms with Crippen LogP contribution in [0, 0.1) is 5.82 Å². The molecule has 0 aliphatic heterocycles. The van der Waals surface area contributed by atoms with Crippen LogP contribution in [0.3, 0.4) is 0 Å². The molecular weight excluding hydrogens is 443 g/mol. The molecule has 0 radical (unpaired) electrons. The largest absolute Gasteiger partial charge is 0.388 e. The van der Waals surface area contributed by atoms with Gasteiger partial charge in [-0.15, -0.1) is 0 Å². The first-order chi connectivity index (χ1) is 15.8. The third kappa shape index (κ3) is 6.57. The lowest BCUT2D eigenvalue weighted by Crippen LogP contribution is -2.42. The van der Waals surface area contributed by atoms with Crippen molar-refractivity contribution in [2.45, 2.75) is 69.2 Å². The Morgan fingerprint density at radius 2 is 1.94 bits per heavy atom. The molecule has 2 aliphatic rings. The van der Waals surface area contributed by atoms with E-state index in [-0.39, 0.29) is 5.82 Å². The van der Waals surface area contributed by atoms with Gasteiger partial charge >= 0.3 is 0 Å². The predicted molar refractivity (Wildman–Crippen MR) is 131 cm³/mol. The second kappa shape index (κ2) is 10.6. The van der Waals surface area contributed by atoms with E-state index in [1.165, 1.54) is 6.07 Å². The van der Waals surface area contributed by atoms with Crippen LogP contribution in [-0.4, -0.2) is 54.1 Å². The summed E-state index contributed by atoms with van der Waals surface area (Å²) in [6.07, 6.45) is 7.46. The molecule has 0 unspecified atom stereocenters. The first-order valence-corrected chi connectivity index (χ1v) is 12.2. The van der Waals surface area contributed by atoms with Crippen molar-refractivity contribution in [3.05, 3.63) is 41.3 Å². The van der Waals surface area contributed by atoms with Crippen LogP contribution < -0.4 is 16.0 Å². The number of ether oxygens (including phenoxy) is 1. The molecule has 0 bridgehead atoms. The van der Waals surface area contributed by atoms with Gasteiger partial charge in [-0.25, -0.2) is 9.37 Å². The Balaban J connectivity index is 1.39. The van der Waals surface area contributed by atoms with Gasteiger partial charge in [0.25, 0.3) is 0 Å². The summed E-state index contributed by atoms with van der Waals surface area (Å²) < 4.78 is 19.5. The number of rotatable bonds is 10. The average molecular weight is 477 g/mol. The molecule has 1 aromatic carbocycles. The number of anilines is 2. The lowest BCUT2D eigenvalue weighted by atomic mass is 9.90. The van der Waals surface area contributed by atoms with Crippen molar-refractivity contribution in [3.8, 4) is 11.1 Å². The topological polar surface area (TPSA) is 78.4 Å². The number of halogens is 2. The second-order valence-electron chi connectivity index (χ2n) is 9.54. The molecule has 1 heterocycles. The number of pyridine rings is 1. The Labute approximate surface area is 200 Å². The monoisotopic (exact) mass is 476 g/mol. The molecule has 0 saturated heterocycles. The van der Waals surface area contributed by atoms with E-state index in [2.05, 4.69) is 27.9 Å². The zero-order valence-corrected chi connectivity index (χ0v) is 20.1. The van der Waals surface area contributed by atoms with Gasteiger partial charge in [-0.2, -0.15) is 0 Å². The average Bonchev–Trinajstić information content (AvgIpc) is 3.53. The molecule has 6 nitrogen and oxygen atoms in total. The Morgan fingerprint density at radius 1 is 1.21 bits per heavy atom. The van der Waals surface area contributed by atoms with E-state index in [9.17, 15) is 9.50 Å². The summed E-state index contributed by atoms with van der Waals surface area (Å²) in [4.78, 5) is 4.47. The van der Waals surface area contributed by atoms with Gasteiger partial charge in [-0.05, 0) is 69.2 Å². The Hall–Kier alpha value is -1.93. The lowest BCUT2D eigenvalue weighted by Gasteiger charge is -2.32. The molecular formula is C25H34ClFN4O2. The molecule has 2 saturated carbocycles. The first-order valence-electron chi connectivity index (χ1n) is 11.8. The SMILES string of the molecule is COC[C@H](C)N[C@H]1CC[C@H](Nc2cc(-c3ccc(F)c(NCC4(O)CC4)c3)c(Cl)cn2)CC1. The Kier molecular flexibility index (Phi) is 7.74. The Bertz CT molecular complexity index is 948. The second-order valence-corrected chi connectivity index (χ2v) is 9.95. The van der Waals surface area contributed by atoms with Crippen molar-refractivity contribution in [1.82, 2.24) is 10.3 Å². The quantitative estimate of drug-likeness (QED) is 0.393. The van der Waals surface area contributed by atoms with Crippen LogP contribution in [0.15, 0.2) is 30.5 Å². The van der Waals surface area contributed by atoms with Crippen LogP contribution in [0.4, 0.5) is 15.9 Å². The highest BCUT2D eigenvalue weighted by Crippen LogP contribution is 2.36. The van der Waals surface area contributed by atoms with Crippen LogP contribution in [0.5, 0.6) is 0 Å². The lowest BCUT2D eigenvalue weighted by molar-refractivity contribution is 0.161. The smallest absolute Gasteiger partial charge is 0.146 e. The van der Waals surface area contributed by atoms with E-state index in [1.54, 1.807) is 25.4 Å². The predicted octanol–water partition coefficient (Wildman–Crippen LogP) is 4.83. The van der Waals surface area contributed by atoms with E-state index in [0.29, 0.717) is 35.4 Å². The van der Waals surface area contributed by atoms with Crippen LogP contribution in [0.1, 0.15) is 45.4 Å². The maximum atomic E-state index is 14.3. The van der Waals surface area contributed by atoms with Crippen LogP contribution >= 0.6 is 11.6 Å². The minimum atomic E-state index is -0.704. The van der Waals surface area contributed by atoms with Crippen molar-refractivity contribution in [1.29, 1.82) is 0 Å². The van der Waals surface area contributed by atoms with Crippen LogP contribution in [-0.2, 0) is 4.74 Å². The molecule has 4 rings (SSSR count). The number of benzene rings is 1. The number of hydrogen-bond acceptors (Lipinski definition) is 6. The van der Waals surface area contributed by atoms with Crippen molar-refractivity contribution in [3.63, 3.8) is 0 Å². The summed E-state index contributed by atoms with van der Waals surface area (Å²) >= 11 is 6.46. The van der Waals surface area contributed by atoms with Gasteiger partial charge in [-0.1, -0.05) is 17.7 Å². The summed E-state index contributed by atoms with van der Waals surface area (Å²) in [5.41, 5.74) is 1.26. The normalized spacial score (nSPS) is 22.6. The summed E-state index contributed by atoms with van der Waals surface area (Å²) in [6.45, 7) is 3.21. The van der Waals surface area contributed by atoms with E-state index >= 15 is 0 Å². The van der Waals surface area contributed by atoms with Gasteiger partial charge in [0.1, 0.15) is 11.6 Å². The Morgan fingerprint density at radius 3 is 2.64 bits per heavy atom. The molecule has 0 spiro atoms. The van der Waals surface area contributed by atoms with Gasteiger partial charge in [0.05, 0.1) is 22.9 Å². The van der Waals surface area contributed by atoms with Crippen molar-refractivity contribution in [2.24, 2.45) is 0 Å². The fraction of sp³-hybridized carbons (Fsp3) is 0.560. The number of nitrogens with one attached hydrogen (secondary N) is 3. The standard InChI is InChI=1S/C25H34ClFN4O2/c1-16(14-33-2)30-18-4-6-19(7-5-18)31-24-12-20(21(26)13-28-24)17-3-8-22(27)23(11-17)29-15-25(32)9-10-25/h3,8,11-13,16,18-19,29-30,32H,4-7,9-10,14-15H2,1-2H3,(H,28,31)/t16-,18-,19-/m0/s1. The molecule has 2 aromatic rings. The maximum Gasteiger partial charge on any atom is 0.146 e. The van der Waals surface area contributed by atoms with Crippen molar-refractivity contribution < 1.29 is 14.2 Å². The number of hydrogen-bond donors (Lipinski definition) is 4. The van der Waals surface area contributed by atoms with Crippen LogP contribution in [0.25, 0.3) is 11.1 Å². The van der Waals surface area contributed by atoms with Gasteiger partial charge in [0.15, 0.2) is 0 Å². The molecule has 2 aliphatic carbocycles. The molecule has 1 aromatic heterocycles. The number of methoxy groups -OCH3 is 1. The summed E-state index contributed by atoms with van der Waals surface area (Å²) in [7, 11) is 1.73. The third-order valence-electron chi connectivity index (χ3n) is 6.58. The molecule has 180 valence electrons. The minimum Gasteiger partial charge on any atom is -0.388 e. The van der Waals surface area contributed by atoms with Gasteiger partial charge in [-0.3, -0.25) is 0 Å². The van der Waals surface area contributed by atoms with Crippen molar-refractivity contribution in [2.75, 3.05) is 30.9 Å². The molecule has 4 N–H and O–H groups in total. The zero-order valence-electron chi connectivity index (χ0n) is 19.3. The van der Waals surface area contributed by atoms with Crippen LogP contribution in [0.2, 0.25) is 5.02 Å². The number of nitrogens with zero attached hydrogens (tertiary/aromatic N) is 1. The van der Waals surface area contributed by atoms with Gasteiger partial charge < -0.3 is 25.8 Å². The van der Waals surface area contributed by atoms with Crippen molar-refractivity contribution >= 4 is 23.1 Å². The van der Waals surface area contributed by atoms with E-state index in [1.807, 2.05) is 6.07 Å².